The standard InChI is InChI=1S/C18H18F3N3O2/c19-18(20,21)14-5-1-2-6-16(14)26-12-17(25)24-9-8-23-11-15(24)13-4-3-7-22-10-13/h1-7,10,15,23H,8-9,11-12H2. The van der Waals surface area contributed by atoms with Crippen molar-refractivity contribution < 1.29 is 22.7 Å². The quantitative estimate of drug-likeness (QED) is 0.905. The molecule has 1 aromatic heterocycles. The number of hydrogen-bond donors (Lipinski definition) is 1. The SMILES string of the molecule is O=C(COc1ccccc1C(F)(F)F)N1CCNCC1c1cccnc1. The molecule has 3 rings (SSSR count). The van der Waals surface area contributed by atoms with E-state index in [0.29, 0.717) is 19.6 Å². The summed E-state index contributed by atoms with van der Waals surface area (Å²) in [6.45, 7) is 1.16. The van der Waals surface area contributed by atoms with Gasteiger partial charge in [-0.15, -0.1) is 0 Å². The van der Waals surface area contributed by atoms with Crippen molar-refractivity contribution in [3.8, 4) is 5.75 Å². The fourth-order valence-corrected chi connectivity index (χ4v) is 2.92. The first kappa shape index (κ1) is 18.2. The van der Waals surface area contributed by atoms with Crippen LogP contribution in [0.25, 0.3) is 0 Å². The Morgan fingerprint density at radius 3 is 2.81 bits per heavy atom. The van der Waals surface area contributed by atoms with Crippen LogP contribution in [0.15, 0.2) is 48.8 Å². The molecule has 138 valence electrons. The second-order valence-electron chi connectivity index (χ2n) is 5.88. The van der Waals surface area contributed by atoms with E-state index in [1.165, 1.54) is 18.2 Å². The summed E-state index contributed by atoms with van der Waals surface area (Å²) in [6, 6.07) is 8.29. The van der Waals surface area contributed by atoms with Crippen LogP contribution in [0.3, 0.4) is 0 Å². The lowest BCUT2D eigenvalue weighted by Crippen LogP contribution is -2.50. The zero-order chi connectivity index (χ0) is 18.6. The van der Waals surface area contributed by atoms with Gasteiger partial charge in [0.05, 0.1) is 11.6 Å². The summed E-state index contributed by atoms with van der Waals surface area (Å²) in [6.07, 6.45) is -1.21. The van der Waals surface area contributed by atoms with Gasteiger partial charge in [0.15, 0.2) is 6.61 Å². The maximum absolute atomic E-state index is 13.0. The van der Waals surface area contributed by atoms with Gasteiger partial charge < -0.3 is 15.0 Å². The van der Waals surface area contributed by atoms with E-state index < -0.39 is 18.3 Å². The third kappa shape index (κ3) is 4.13. The van der Waals surface area contributed by atoms with Crippen LogP contribution in [0, 0.1) is 0 Å². The highest BCUT2D eigenvalue weighted by Crippen LogP contribution is 2.36. The Kier molecular flexibility index (Phi) is 5.41. The topological polar surface area (TPSA) is 54.5 Å². The highest BCUT2D eigenvalue weighted by molar-refractivity contribution is 5.78. The molecule has 1 atom stereocenters. The summed E-state index contributed by atoms with van der Waals surface area (Å²) in [5, 5.41) is 3.21. The molecule has 2 aromatic rings. The molecule has 1 aliphatic heterocycles. The van der Waals surface area contributed by atoms with E-state index in [2.05, 4.69) is 10.3 Å². The van der Waals surface area contributed by atoms with Crippen LogP contribution < -0.4 is 10.1 Å². The lowest BCUT2D eigenvalue weighted by molar-refractivity contribution is -0.142. The van der Waals surface area contributed by atoms with Crippen LogP contribution in [0.4, 0.5) is 13.2 Å². The monoisotopic (exact) mass is 365 g/mol. The molecule has 0 bridgehead atoms. The van der Waals surface area contributed by atoms with E-state index in [9.17, 15) is 18.0 Å². The van der Waals surface area contributed by atoms with E-state index in [-0.39, 0.29) is 17.7 Å². The number of halogens is 3. The second kappa shape index (κ2) is 7.74. The first-order valence-corrected chi connectivity index (χ1v) is 8.16. The molecular formula is C18H18F3N3O2. The third-order valence-electron chi connectivity index (χ3n) is 4.18. The van der Waals surface area contributed by atoms with E-state index >= 15 is 0 Å². The number of carbonyl (C=O) groups is 1. The number of carbonyl (C=O) groups excluding carboxylic acids is 1. The molecule has 1 unspecified atom stereocenters. The molecule has 1 fully saturated rings. The maximum Gasteiger partial charge on any atom is 0.419 e. The summed E-state index contributed by atoms with van der Waals surface area (Å²) < 4.78 is 44.3. The Labute approximate surface area is 148 Å². The van der Waals surface area contributed by atoms with Crippen molar-refractivity contribution >= 4 is 5.91 Å². The highest BCUT2D eigenvalue weighted by Gasteiger charge is 2.34. The van der Waals surface area contributed by atoms with Crippen molar-refractivity contribution in [3.05, 3.63) is 59.9 Å². The fourth-order valence-electron chi connectivity index (χ4n) is 2.92. The minimum Gasteiger partial charge on any atom is -0.483 e. The Morgan fingerprint density at radius 2 is 2.08 bits per heavy atom. The number of ether oxygens (including phenoxy) is 1. The zero-order valence-corrected chi connectivity index (χ0v) is 13.9. The lowest BCUT2D eigenvalue weighted by Gasteiger charge is -2.36. The smallest absolute Gasteiger partial charge is 0.419 e. The number of alkyl halides is 3. The summed E-state index contributed by atoms with van der Waals surface area (Å²) in [5.74, 6) is -0.709. The minimum atomic E-state index is -4.53. The van der Waals surface area contributed by atoms with Crippen LogP contribution in [0.2, 0.25) is 0 Å². The predicted octanol–water partition coefficient (Wildman–Crippen LogP) is 2.65. The second-order valence-corrected chi connectivity index (χ2v) is 5.88. The Bertz CT molecular complexity index is 753. The van der Waals surface area contributed by atoms with Crippen LogP contribution in [-0.4, -0.2) is 42.0 Å². The van der Waals surface area contributed by atoms with Crippen LogP contribution in [0.5, 0.6) is 5.75 Å². The summed E-state index contributed by atoms with van der Waals surface area (Å²) in [5.41, 5.74) is -0.0272. The van der Waals surface area contributed by atoms with Crippen molar-refractivity contribution in [3.63, 3.8) is 0 Å². The van der Waals surface area contributed by atoms with E-state index in [0.717, 1.165) is 11.6 Å². The summed E-state index contributed by atoms with van der Waals surface area (Å²) in [7, 11) is 0. The van der Waals surface area contributed by atoms with Crippen molar-refractivity contribution in [2.45, 2.75) is 12.2 Å². The predicted molar refractivity (Wildman–Crippen MR) is 88.5 cm³/mol. The van der Waals surface area contributed by atoms with Gasteiger partial charge in [-0.2, -0.15) is 13.2 Å². The van der Waals surface area contributed by atoms with Gasteiger partial charge in [0.1, 0.15) is 5.75 Å². The van der Waals surface area contributed by atoms with Gasteiger partial charge >= 0.3 is 6.18 Å². The number of aromatic nitrogens is 1. The molecule has 0 saturated carbocycles. The van der Waals surface area contributed by atoms with Crippen molar-refractivity contribution in [1.29, 1.82) is 0 Å². The van der Waals surface area contributed by atoms with Crippen LogP contribution in [-0.2, 0) is 11.0 Å². The van der Waals surface area contributed by atoms with Crippen molar-refractivity contribution in [2.24, 2.45) is 0 Å². The first-order chi connectivity index (χ1) is 12.5. The van der Waals surface area contributed by atoms with Crippen molar-refractivity contribution in [1.82, 2.24) is 15.2 Å². The summed E-state index contributed by atoms with van der Waals surface area (Å²) in [4.78, 5) is 18.3. The molecule has 1 N–H and O–H groups in total. The number of rotatable bonds is 4. The largest absolute Gasteiger partial charge is 0.483 e. The minimum absolute atomic E-state index is 0.230. The fraction of sp³-hybridized carbons (Fsp3) is 0.333. The maximum atomic E-state index is 13.0. The number of amides is 1. The first-order valence-electron chi connectivity index (χ1n) is 8.16. The average Bonchev–Trinajstić information content (AvgIpc) is 2.66. The molecule has 0 spiro atoms. The van der Waals surface area contributed by atoms with E-state index in [1.54, 1.807) is 23.4 Å². The van der Waals surface area contributed by atoms with Crippen molar-refractivity contribution in [2.75, 3.05) is 26.2 Å². The van der Waals surface area contributed by atoms with Gasteiger partial charge in [0.2, 0.25) is 0 Å². The average molecular weight is 365 g/mol. The Morgan fingerprint density at radius 1 is 1.27 bits per heavy atom. The molecule has 0 aliphatic carbocycles. The number of para-hydroxylation sites is 1. The number of nitrogens with one attached hydrogen (secondary N) is 1. The number of nitrogens with zero attached hydrogens (tertiary/aromatic N) is 2. The van der Waals surface area contributed by atoms with Gasteiger partial charge in [-0.05, 0) is 23.8 Å². The van der Waals surface area contributed by atoms with Gasteiger partial charge in [-0.25, -0.2) is 0 Å². The molecule has 0 radical (unpaired) electrons. The van der Waals surface area contributed by atoms with E-state index in [4.69, 9.17) is 4.74 Å². The molecule has 8 heteroatoms. The molecule has 1 aliphatic rings. The van der Waals surface area contributed by atoms with Crippen LogP contribution >= 0.6 is 0 Å². The van der Waals surface area contributed by atoms with Crippen LogP contribution in [0.1, 0.15) is 17.2 Å². The number of piperazine rings is 1. The molecule has 26 heavy (non-hydrogen) atoms. The summed E-state index contributed by atoms with van der Waals surface area (Å²) >= 11 is 0. The number of hydrogen-bond acceptors (Lipinski definition) is 4. The zero-order valence-electron chi connectivity index (χ0n) is 13.9. The molecule has 1 aromatic carbocycles. The molecular weight excluding hydrogens is 347 g/mol. The van der Waals surface area contributed by atoms with Gasteiger partial charge in [-0.1, -0.05) is 18.2 Å². The Balaban J connectivity index is 1.71. The molecule has 5 nitrogen and oxygen atoms in total. The van der Waals surface area contributed by atoms with E-state index in [1.807, 2.05) is 6.07 Å². The normalized spacial score (nSPS) is 17.8. The highest BCUT2D eigenvalue weighted by atomic mass is 19.4. The van der Waals surface area contributed by atoms with Gasteiger partial charge in [0, 0.05) is 32.0 Å². The third-order valence-corrected chi connectivity index (χ3v) is 4.18. The Hall–Kier alpha value is -2.61. The van der Waals surface area contributed by atoms with Gasteiger partial charge in [-0.3, -0.25) is 9.78 Å². The number of benzene rings is 1. The molecule has 1 saturated heterocycles. The van der Waals surface area contributed by atoms with Gasteiger partial charge in [0.25, 0.3) is 5.91 Å². The molecule has 2 heterocycles. The lowest BCUT2D eigenvalue weighted by atomic mass is 10.1. The number of pyridine rings is 1. The molecule has 1 amide bonds.